The van der Waals surface area contributed by atoms with E-state index in [2.05, 4.69) is 10.4 Å². The van der Waals surface area contributed by atoms with Crippen LogP contribution in [0.2, 0.25) is 5.02 Å². The zero-order chi connectivity index (χ0) is 23.3. The average Bonchev–Trinajstić information content (AvgIpc) is 3.51. The van der Waals surface area contributed by atoms with Crippen LogP contribution >= 0.6 is 11.6 Å². The molecular weight excluding hydrogens is 450 g/mol. The normalized spacial score (nSPS) is 10.7. The number of aromatic nitrogens is 4. The zero-order valence-electron chi connectivity index (χ0n) is 18.0. The summed E-state index contributed by atoms with van der Waals surface area (Å²) in [5.74, 6) is 0.353. The highest BCUT2D eigenvalue weighted by Crippen LogP contribution is 2.25. The second-order valence-corrected chi connectivity index (χ2v) is 7.93. The van der Waals surface area contributed by atoms with E-state index in [1.54, 1.807) is 40.1 Å². The van der Waals surface area contributed by atoms with Gasteiger partial charge < -0.3 is 10.1 Å². The number of hydrogen-bond acceptors (Lipinski definition) is 4. The van der Waals surface area contributed by atoms with E-state index in [1.807, 2.05) is 72.8 Å². The fourth-order valence-electron chi connectivity index (χ4n) is 3.46. The number of ether oxygens (including phenoxy) is 1. The van der Waals surface area contributed by atoms with Crippen molar-refractivity contribution in [3.05, 3.63) is 114 Å². The SMILES string of the molecule is O=C(Nc1cnn(COc2cccc(Cl)c2)c1)c1cn(-c2ccccc2)nc1-c1ccccc1. The van der Waals surface area contributed by atoms with Gasteiger partial charge in [0.2, 0.25) is 0 Å². The number of amides is 1. The zero-order valence-corrected chi connectivity index (χ0v) is 18.8. The summed E-state index contributed by atoms with van der Waals surface area (Å²) in [7, 11) is 0. The fraction of sp³-hybridized carbons (Fsp3) is 0.0385. The van der Waals surface area contributed by atoms with Gasteiger partial charge in [-0.2, -0.15) is 10.2 Å². The van der Waals surface area contributed by atoms with E-state index in [-0.39, 0.29) is 12.6 Å². The summed E-state index contributed by atoms with van der Waals surface area (Å²) >= 11 is 5.99. The molecule has 0 unspecified atom stereocenters. The molecule has 3 aromatic carbocycles. The van der Waals surface area contributed by atoms with Crippen LogP contribution in [-0.2, 0) is 6.73 Å². The largest absolute Gasteiger partial charge is 0.471 e. The van der Waals surface area contributed by atoms with E-state index in [4.69, 9.17) is 21.4 Å². The minimum Gasteiger partial charge on any atom is -0.471 e. The molecule has 0 saturated heterocycles. The van der Waals surface area contributed by atoms with Gasteiger partial charge in [0, 0.05) is 16.8 Å². The van der Waals surface area contributed by atoms with Gasteiger partial charge in [-0.3, -0.25) is 4.79 Å². The second-order valence-electron chi connectivity index (χ2n) is 7.49. The van der Waals surface area contributed by atoms with Crippen molar-refractivity contribution in [3.63, 3.8) is 0 Å². The lowest BCUT2D eigenvalue weighted by Crippen LogP contribution is -2.12. The maximum Gasteiger partial charge on any atom is 0.259 e. The molecule has 8 heteroatoms. The molecule has 0 bridgehead atoms. The van der Waals surface area contributed by atoms with Crippen LogP contribution in [0.4, 0.5) is 5.69 Å². The second kappa shape index (κ2) is 9.64. The van der Waals surface area contributed by atoms with Gasteiger partial charge >= 0.3 is 0 Å². The van der Waals surface area contributed by atoms with Gasteiger partial charge in [-0.15, -0.1) is 0 Å². The van der Waals surface area contributed by atoms with Gasteiger partial charge in [-0.05, 0) is 30.3 Å². The molecule has 1 N–H and O–H groups in total. The highest BCUT2D eigenvalue weighted by Gasteiger charge is 2.19. The van der Waals surface area contributed by atoms with Gasteiger partial charge in [0.05, 0.1) is 29.3 Å². The van der Waals surface area contributed by atoms with Crippen molar-refractivity contribution in [2.24, 2.45) is 0 Å². The molecule has 7 nitrogen and oxygen atoms in total. The molecule has 0 saturated carbocycles. The molecule has 2 heterocycles. The molecule has 1 amide bonds. The first-order valence-electron chi connectivity index (χ1n) is 10.6. The summed E-state index contributed by atoms with van der Waals surface area (Å²) in [5.41, 5.74) is 3.32. The Bertz CT molecular complexity index is 1410. The summed E-state index contributed by atoms with van der Waals surface area (Å²) in [6.45, 7) is 0.178. The van der Waals surface area contributed by atoms with Crippen molar-refractivity contribution >= 4 is 23.2 Å². The minimum absolute atomic E-state index is 0.178. The van der Waals surface area contributed by atoms with Crippen LogP contribution in [0.25, 0.3) is 16.9 Å². The molecule has 0 aliphatic heterocycles. The number of halogens is 1. The smallest absolute Gasteiger partial charge is 0.259 e. The topological polar surface area (TPSA) is 74.0 Å². The van der Waals surface area contributed by atoms with Crippen LogP contribution in [0.1, 0.15) is 10.4 Å². The molecule has 0 aliphatic rings. The number of nitrogens with one attached hydrogen (secondary N) is 1. The molecule has 5 rings (SSSR count). The highest BCUT2D eigenvalue weighted by molar-refractivity contribution is 6.30. The number of carbonyl (C=O) groups excluding carboxylic acids is 1. The third-order valence-electron chi connectivity index (χ3n) is 5.08. The number of anilines is 1. The first-order valence-corrected chi connectivity index (χ1v) is 11.0. The van der Waals surface area contributed by atoms with Crippen LogP contribution < -0.4 is 10.1 Å². The summed E-state index contributed by atoms with van der Waals surface area (Å²) in [4.78, 5) is 13.2. The number of benzene rings is 3. The lowest BCUT2D eigenvalue weighted by Gasteiger charge is -2.06. The minimum atomic E-state index is -0.281. The number of carbonyl (C=O) groups is 1. The Morgan fingerprint density at radius 3 is 2.47 bits per heavy atom. The predicted octanol–water partition coefficient (Wildman–Crippen LogP) is 5.68. The summed E-state index contributed by atoms with van der Waals surface area (Å²) < 4.78 is 8.99. The summed E-state index contributed by atoms with van der Waals surface area (Å²) in [6, 6.07) is 26.4. The van der Waals surface area contributed by atoms with Gasteiger partial charge in [0.1, 0.15) is 11.4 Å². The van der Waals surface area contributed by atoms with E-state index in [9.17, 15) is 4.79 Å². The molecule has 0 radical (unpaired) electrons. The molecule has 5 aromatic rings. The molecular formula is C26H20ClN5O2. The van der Waals surface area contributed by atoms with Gasteiger partial charge in [0.25, 0.3) is 5.91 Å². The predicted molar refractivity (Wildman–Crippen MR) is 131 cm³/mol. The van der Waals surface area contributed by atoms with Crippen LogP contribution in [-0.4, -0.2) is 25.5 Å². The van der Waals surface area contributed by atoms with Crippen molar-refractivity contribution in [3.8, 4) is 22.7 Å². The summed E-state index contributed by atoms with van der Waals surface area (Å²) in [5, 5.41) is 12.5. The molecule has 2 aromatic heterocycles. The van der Waals surface area contributed by atoms with Crippen molar-refractivity contribution in [1.82, 2.24) is 19.6 Å². The van der Waals surface area contributed by atoms with E-state index in [0.717, 1.165) is 11.3 Å². The van der Waals surface area contributed by atoms with E-state index in [1.165, 1.54) is 0 Å². The number of hydrogen-bond donors (Lipinski definition) is 1. The van der Waals surface area contributed by atoms with Crippen LogP contribution in [0.3, 0.4) is 0 Å². The highest BCUT2D eigenvalue weighted by atomic mass is 35.5. The quantitative estimate of drug-likeness (QED) is 0.333. The summed E-state index contributed by atoms with van der Waals surface area (Å²) in [6.07, 6.45) is 5.01. The van der Waals surface area contributed by atoms with E-state index < -0.39 is 0 Å². The lowest BCUT2D eigenvalue weighted by atomic mass is 10.1. The Kier molecular flexibility index (Phi) is 6.09. The van der Waals surface area contributed by atoms with Crippen molar-refractivity contribution in [1.29, 1.82) is 0 Å². The number of para-hydroxylation sites is 1. The molecule has 0 fully saturated rings. The van der Waals surface area contributed by atoms with E-state index >= 15 is 0 Å². The fourth-order valence-corrected chi connectivity index (χ4v) is 3.64. The molecule has 168 valence electrons. The monoisotopic (exact) mass is 469 g/mol. The molecule has 0 atom stereocenters. The molecule has 0 aliphatic carbocycles. The Labute approximate surface area is 201 Å². The molecule has 34 heavy (non-hydrogen) atoms. The van der Waals surface area contributed by atoms with E-state index in [0.29, 0.717) is 27.7 Å². The van der Waals surface area contributed by atoms with Crippen molar-refractivity contribution < 1.29 is 9.53 Å². The Morgan fingerprint density at radius 2 is 1.71 bits per heavy atom. The van der Waals surface area contributed by atoms with Crippen molar-refractivity contribution in [2.45, 2.75) is 6.73 Å². The first-order chi connectivity index (χ1) is 16.7. The number of nitrogens with zero attached hydrogens (tertiary/aromatic N) is 4. The lowest BCUT2D eigenvalue weighted by molar-refractivity contribution is 0.102. The third-order valence-corrected chi connectivity index (χ3v) is 5.31. The Morgan fingerprint density at radius 1 is 0.941 bits per heavy atom. The van der Waals surface area contributed by atoms with Crippen LogP contribution in [0.5, 0.6) is 5.75 Å². The Hall–Kier alpha value is -4.36. The first kappa shape index (κ1) is 21.5. The standard InChI is InChI=1S/C26H20ClN5O2/c27-20-10-7-13-23(14-20)34-18-31-16-21(15-28-31)29-26(33)24-17-32(22-11-5-2-6-12-22)30-25(24)19-8-3-1-4-9-19/h1-17H,18H2,(H,29,33). The maximum atomic E-state index is 13.2. The number of rotatable bonds is 7. The van der Waals surface area contributed by atoms with Crippen molar-refractivity contribution in [2.75, 3.05) is 5.32 Å². The maximum absolute atomic E-state index is 13.2. The van der Waals surface area contributed by atoms with Gasteiger partial charge in [0.15, 0.2) is 6.73 Å². The third kappa shape index (κ3) is 4.84. The molecule has 0 spiro atoms. The van der Waals surface area contributed by atoms with Gasteiger partial charge in [-0.1, -0.05) is 66.2 Å². The average molecular weight is 470 g/mol. The van der Waals surface area contributed by atoms with Crippen LogP contribution in [0.15, 0.2) is 104 Å². The Balaban J connectivity index is 1.36. The van der Waals surface area contributed by atoms with Crippen LogP contribution in [0, 0.1) is 0 Å². The van der Waals surface area contributed by atoms with Gasteiger partial charge in [-0.25, -0.2) is 9.36 Å².